The maximum absolute atomic E-state index is 6.23. The summed E-state index contributed by atoms with van der Waals surface area (Å²) < 4.78 is 1.53. The molecule has 1 atom stereocenters. The van der Waals surface area contributed by atoms with E-state index >= 15 is 0 Å². The van der Waals surface area contributed by atoms with Gasteiger partial charge >= 0.3 is 0 Å². The Hall–Kier alpha value is 0.200. The van der Waals surface area contributed by atoms with E-state index in [0.29, 0.717) is 6.54 Å². The van der Waals surface area contributed by atoms with Crippen molar-refractivity contribution < 1.29 is 0 Å². The SMILES string of the molecule is CCN(CC(C)(C)CN)C(C)c1cc(Cl)sc1Cl. The second-order valence-corrected chi connectivity index (χ2v) is 7.67. The smallest absolute Gasteiger partial charge is 0.0991 e. The molecule has 1 heterocycles. The van der Waals surface area contributed by atoms with Crippen LogP contribution in [-0.2, 0) is 0 Å². The average molecular weight is 309 g/mol. The highest BCUT2D eigenvalue weighted by Crippen LogP contribution is 2.37. The van der Waals surface area contributed by atoms with Gasteiger partial charge in [0.25, 0.3) is 0 Å². The molecule has 5 heteroatoms. The molecule has 0 spiro atoms. The summed E-state index contributed by atoms with van der Waals surface area (Å²) in [5.74, 6) is 0. The maximum atomic E-state index is 6.23. The highest BCUT2D eigenvalue weighted by atomic mass is 35.5. The van der Waals surface area contributed by atoms with E-state index in [1.807, 2.05) is 6.07 Å². The van der Waals surface area contributed by atoms with Crippen LogP contribution in [0.25, 0.3) is 0 Å². The molecule has 104 valence electrons. The Labute approximate surface area is 124 Å². The molecule has 2 nitrogen and oxygen atoms in total. The summed E-state index contributed by atoms with van der Waals surface area (Å²) in [5.41, 5.74) is 7.03. The fourth-order valence-electron chi connectivity index (χ4n) is 1.97. The van der Waals surface area contributed by atoms with Crippen LogP contribution in [-0.4, -0.2) is 24.5 Å². The zero-order valence-corrected chi connectivity index (χ0v) is 13.8. The molecule has 0 aromatic carbocycles. The van der Waals surface area contributed by atoms with Crippen LogP contribution in [0, 0.1) is 5.41 Å². The van der Waals surface area contributed by atoms with E-state index in [0.717, 1.165) is 27.3 Å². The number of rotatable bonds is 6. The molecule has 0 bridgehead atoms. The number of hydrogen-bond acceptors (Lipinski definition) is 3. The Morgan fingerprint density at radius 3 is 2.44 bits per heavy atom. The van der Waals surface area contributed by atoms with Crippen LogP contribution in [0.1, 0.15) is 39.3 Å². The van der Waals surface area contributed by atoms with Crippen LogP contribution in [0.5, 0.6) is 0 Å². The monoisotopic (exact) mass is 308 g/mol. The predicted molar refractivity (Wildman–Crippen MR) is 82.8 cm³/mol. The summed E-state index contributed by atoms with van der Waals surface area (Å²) in [7, 11) is 0. The fraction of sp³-hybridized carbons (Fsp3) is 0.692. The molecular weight excluding hydrogens is 287 g/mol. The second kappa shape index (κ2) is 6.58. The van der Waals surface area contributed by atoms with E-state index in [4.69, 9.17) is 28.9 Å². The zero-order valence-electron chi connectivity index (χ0n) is 11.5. The van der Waals surface area contributed by atoms with Crippen LogP contribution in [0.2, 0.25) is 8.67 Å². The first-order valence-electron chi connectivity index (χ1n) is 6.19. The van der Waals surface area contributed by atoms with Gasteiger partial charge in [-0.3, -0.25) is 4.90 Å². The Kier molecular flexibility index (Phi) is 5.94. The molecule has 18 heavy (non-hydrogen) atoms. The summed E-state index contributed by atoms with van der Waals surface area (Å²) in [6, 6.07) is 2.23. The second-order valence-electron chi connectivity index (χ2n) is 5.39. The lowest BCUT2D eigenvalue weighted by Crippen LogP contribution is -2.39. The molecule has 1 aromatic heterocycles. The van der Waals surface area contributed by atoms with Crippen molar-refractivity contribution in [3.8, 4) is 0 Å². The molecule has 0 saturated heterocycles. The van der Waals surface area contributed by atoms with Crippen LogP contribution in [0.4, 0.5) is 0 Å². The minimum atomic E-state index is 0.108. The molecule has 0 fully saturated rings. The van der Waals surface area contributed by atoms with Gasteiger partial charge in [0.05, 0.1) is 8.67 Å². The van der Waals surface area contributed by atoms with Crippen LogP contribution in [0.15, 0.2) is 6.07 Å². The topological polar surface area (TPSA) is 29.3 Å². The van der Waals surface area contributed by atoms with Gasteiger partial charge in [0.15, 0.2) is 0 Å². The third-order valence-electron chi connectivity index (χ3n) is 3.27. The van der Waals surface area contributed by atoms with E-state index in [1.165, 1.54) is 11.3 Å². The van der Waals surface area contributed by atoms with Crippen LogP contribution >= 0.6 is 34.5 Å². The molecular formula is C13H22Cl2N2S. The van der Waals surface area contributed by atoms with Crippen LogP contribution < -0.4 is 5.73 Å². The van der Waals surface area contributed by atoms with Crippen molar-refractivity contribution in [2.24, 2.45) is 11.1 Å². The first-order chi connectivity index (χ1) is 8.30. The summed E-state index contributed by atoms with van der Waals surface area (Å²) in [5, 5.41) is 0. The third kappa shape index (κ3) is 4.10. The number of halogens is 2. The Morgan fingerprint density at radius 2 is 2.06 bits per heavy atom. The molecule has 1 rings (SSSR count). The van der Waals surface area contributed by atoms with E-state index < -0.39 is 0 Å². The lowest BCUT2D eigenvalue weighted by Gasteiger charge is -2.35. The number of nitrogens with two attached hydrogens (primary N) is 1. The van der Waals surface area contributed by atoms with E-state index in [-0.39, 0.29) is 11.5 Å². The van der Waals surface area contributed by atoms with Crippen molar-refractivity contribution in [2.75, 3.05) is 19.6 Å². The highest BCUT2D eigenvalue weighted by molar-refractivity contribution is 7.20. The van der Waals surface area contributed by atoms with Gasteiger partial charge in [-0.15, -0.1) is 11.3 Å². The van der Waals surface area contributed by atoms with Gasteiger partial charge in [0.1, 0.15) is 0 Å². The van der Waals surface area contributed by atoms with Crippen molar-refractivity contribution in [2.45, 2.75) is 33.7 Å². The van der Waals surface area contributed by atoms with E-state index in [2.05, 4.69) is 32.6 Å². The molecule has 0 radical (unpaired) electrons. The number of nitrogens with zero attached hydrogens (tertiary/aromatic N) is 1. The zero-order chi connectivity index (χ0) is 13.9. The summed E-state index contributed by atoms with van der Waals surface area (Å²) in [4.78, 5) is 2.39. The summed E-state index contributed by atoms with van der Waals surface area (Å²) in [6.45, 7) is 11.3. The van der Waals surface area contributed by atoms with Crippen molar-refractivity contribution in [3.63, 3.8) is 0 Å². The molecule has 0 saturated carbocycles. The molecule has 0 aliphatic carbocycles. The van der Waals surface area contributed by atoms with Crippen molar-refractivity contribution in [1.29, 1.82) is 0 Å². The van der Waals surface area contributed by atoms with Crippen molar-refractivity contribution >= 4 is 34.5 Å². The van der Waals surface area contributed by atoms with Crippen LogP contribution in [0.3, 0.4) is 0 Å². The lowest BCUT2D eigenvalue weighted by atomic mass is 9.92. The normalized spacial score (nSPS) is 14.2. The Morgan fingerprint density at radius 1 is 1.44 bits per heavy atom. The van der Waals surface area contributed by atoms with Gasteiger partial charge in [-0.2, -0.15) is 0 Å². The Balaban J connectivity index is 2.86. The first-order valence-corrected chi connectivity index (χ1v) is 7.77. The van der Waals surface area contributed by atoms with E-state index in [1.54, 1.807) is 0 Å². The molecule has 0 aliphatic heterocycles. The minimum Gasteiger partial charge on any atom is -0.330 e. The van der Waals surface area contributed by atoms with Gasteiger partial charge in [-0.25, -0.2) is 0 Å². The summed E-state index contributed by atoms with van der Waals surface area (Å²) in [6.07, 6.45) is 0. The van der Waals surface area contributed by atoms with Gasteiger partial charge in [-0.1, -0.05) is 44.0 Å². The molecule has 1 unspecified atom stereocenters. The summed E-state index contributed by atoms with van der Waals surface area (Å²) >= 11 is 13.7. The highest BCUT2D eigenvalue weighted by Gasteiger charge is 2.25. The fourth-order valence-corrected chi connectivity index (χ4v) is 3.61. The Bertz CT molecular complexity index is 390. The van der Waals surface area contributed by atoms with Crippen molar-refractivity contribution in [3.05, 3.63) is 20.3 Å². The van der Waals surface area contributed by atoms with Gasteiger partial charge in [0, 0.05) is 18.2 Å². The predicted octanol–water partition coefficient (Wildman–Crippen LogP) is 4.42. The molecule has 0 amide bonds. The van der Waals surface area contributed by atoms with Gasteiger partial charge in [-0.05, 0) is 31.5 Å². The van der Waals surface area contributed by atoms with Gasteiger partial charge < -0.3 is 5.73 Å². The third-order valence-corrected chi connectivity index (χ3v) is 4.79. The molecule has 1 aromatic rings. The van der Waals surface area contributed by atoms with Crippen molar-refractivity contribution in [1.82, 2.24) is 4.90 Å². The largest absolute Gasteiger partial charge is 0.330 e. The maximum Gasteiger partial charge on any atom is 0.0991 e. The minimum absolute atomic E-state index is 0.108. The number of hydrogen-bond donors (Lipinski definition) is 1. The average Bonchev–Trinajstić information content (AvgIpc) is 2.64. The standard InChI is InChI=1S/C13H22Cl2N2S/c1-5-17(8-13(3,4)7-16)9(2)10-6-11(14)18-12(10)15/h6,9H,5,7-8,16H2,1-4H3. The number of thiophene rings is 1. The molecule has 0 aliphatic rings. The van der Waals surface area contributed by atoms with Gasteiger partial charge in [0.2, 0.25) is 0 Å². The van der Waals surface area contributed by atoms with E-state index in [9.17, 15) is 0 Å². The molecule has 2 N–H and O–H groups in total. The first kappa shape index (κ1) is 16.3. The lowest BCUT2D eigenvalue weighted by molar-refractivity contribution is 0.148. The quantitative estimate of drug-likeness (QED) is 0.842.